The predicted octanol–water partition coefficient (Wildman–Crippen LogP) is 4.21. The third kappa shape index (κ3) is 3.47. The average molecular weight is 315 g/mol. The molecular weight excluding hydrogens is 294 g/mol. The molecule has 0 saturated carbocycles. The number of fused-ring (bicyclic) bond motifs is 1. The van der Waals surface area contributed by atoms with Crippen molar-refractivity contribution in [3.8, 4) is 0 Å². The smallest absolute Gasteiger partial charge is 0.0400 e. The van der Waals surface area contributed by atoms with Crippen molar-refractivity contribution in [1.82, 2.24) is 9.88 Å². The molecule has 1 aromatic heterocycles. The SMILES string of the molecule is c1cc(CNc2ccncc2)cc(CN2Cc3ccccc3C2)c1. The predicted molar refractivity (Wildman–Crippen MR) is 97.4 cm³/mol. The zero-order chi connectivity index (χ0) is 16.2. The van der Waals surface area contributed by atoms with E-state index in [9.17, 15) is 0 Å². The summed E-state index contributed by atoms with van der Waals surface area (Å²) in [6, 6.07) is 21.6. The first-order chi connectivity index (χ1) is 11.9. The zero-order valence-corrected chi connectivity index (χ0v) is 13.7. The van der Waals surface area contributed by atoms with E-state index in [1.165, 1.54) is 22.3 Å². The molecule has 1 aliphatic rings. The van der Waals surface area contributed by atoms with Gasteiger partial charge >= 0.3 is 0 Å². The van der Waals surface area contributed by atoms with Crippen LogP contribution in [-0.2, 0) is 26.2 Å². The maximum Gasteiger partial charge on any atom is 0.0400 e. The first-order valence-electron chi connectivity index (χ1n) is 8.38. The van der Waals surface area contributed by atoms with Crippen molar-refractivity contribution in [2.45, 2.75) is 26.2 Å². The molecule has 0 amide bonds. The topological polar surface area (TPSA) is 28.2 Å². The van der Waals surface area contributed by atoms with Crippen molar-refractivity contribution in [3.05, 3.63) is 95.3 Å². The Hall–Kier alpha value is -2.65. The summed E-state index contributed by atoms with van der Waals surface area (Å²) in [6.45, 7) is 3.93. The van der Waals surface area contributed by atoms with Crippen molar-refractivity contribution in [2.75, 3.05) is 5.32 Å². The number of anilines is 1. The summed E-state index contributed by atoms with van der Waals surface area (Å²) in [6.07, 6.45) is 3.62. The van der Waals surface area contributed by atoms with Gasteiger partial charge in [0, 0.05) is 44.3 Å². The van der Waals surface area contributed by atoms with Gasteiger partial charge in [-0.15, -0.1) is 0 Å². The van der Waals surface area contributed by atoms with E-state index in [4.69, 9.17) is 0 Å². The molecule has 3 nitrogen and oxygen atoms in total. The third-order valence-corrected chi connectivity index (χ3v) is 4.48. The Bertz CT molecular complexity index is 789. The van der Waals surface area contributed by atoms with Gasteiger partial charge in [-0.2, -0.15) is 0 Å². The van der Waals surface area contributed by atoms with Crippen LogP contribution in [0.5, 0.6) is 0 Å². The Morgan fingerprint density at radius 3 is 2.29 bits per heavy atom. The Labute approximate surface area is 143 Å². The summed E-state index contributed by atoms with van der Waals surface area (Å²) >= 11 is 0. The minimum atomic E-state index is 0.831. The standard InChI is InChI=1S/C21H21N3/c1-2-7-20-16-24(15-19(20)6-1)14-18-5-3-4-17(12-18)13-23-21-8-10-22-11-9-21/h1-12H,13-16H2,(H,22,23). The largest absolute Gasteiger partial charge is 0.381 e. The zero-order valence-electron chi connectivity index (χ0n) is 13.7. The van der Waals surface area contributed by atoms with Gasteiger partial charge in [0.15, 0.2) is 0 Å². The first kappa shape index (κ1) is 14.9. The second-order valence-electron chi connectivity index (χ2n) is 6.32. The number of hydrogen-bond acceptors (Lipinski definition) is 3. The Morgan fingerprint density at radius 1 is 0.833 bits per heavy atom. The number of rotatable bonds is 5. The molecule has 0 radical (unpaired) electrons. The summed E-state index contributed by atoms with van der Waals surface area (Å²) in [5, 5.41) is 3.44. The van der Waals surface area contributed by atoms with Crippen LogP contribution in [0.3, 0.4) is 0 Å². The van der Waals surface area contributed by atoms with Crippen LogP contribution in [0, 0.1) is 0 Å². The lowest BCUT2D eigenvalue weighted by molar-refractivity contribution is 0.275. The lowest BCUT2D eigenvalue weighted by Gasteiger charge is -2.15. The summed E-state index contributed by atoms with van der Waals surface area (Å²) < 4.78 is 0. The molecule has 4 rings (SSSR count). The molecule has 0 fully saturated rings. The molecule has 0 unspecified atom stereocenters. The summed E-state index contributed by atoms with van der Waals surface area (Å²) in [5.41, 5.74) is 6.71. The molecule has 120 valence electrons. The molecule has 0 atom stereocenters. The monoisotopic (exact) mass is 315 g/mol. The van der Waals surface area contributed by atoms with E-state index >= 15 is 0 Å². The van der Waals surface area contributed by atoms with Gasteiger partial charge in [0.25, 0.3) is 0 Å². The van der Waals surface area contributed by atoms with Crippen LogP contribution in [-0.4, -0.2) is 9.88 Å². The second kappa shape index (κ2) is 6.85. The molecule has 24 heavy (non-hydrogen) atoms. The molecule has 0 spiro atoms. The van der Waals surface area contributed by atoms with Gasteiger partial charge in [-0.25, -0.2) is 0 Å². The minimum Gasteiger partial charge on any atom is -0.381 e. The Morgan fingerprint density at radius 2 is 1.54 bits per heavy atom. The van der Waals surface area contributed by atoms with Crippen LogP contribution in [0.15, 0.2) is 73.1 Å². The highest BCUT2D eigenvalue weighted by Gasteiger charge is 2.18. The van der Waals surface area contributed by atoms with Gasteiger partial charge in [-0.3, -0.25) is 9.88 Å². The Balaban J connectivity index is 1.39. The van der Waals surface area contributed by atoms with Crippen molar-refractivity contribution >= 4 is 5.69 Å². The minimum absolute atomic E-state index is 0.831. The maximum atomic E-state index is 4.04. The molecule has 0 saturated heterocycles. The highest BCUT2D eigenvalue weighted by molar-refractivity contribution is 5.42. The highest BCUT2D eigenvalue weighted by Crippen LogP contribution is 2.24. The lowest BCUT2D eigenvalue weighted by atomic mass is 10.1. The van der Waals surface area contributed by atoms with Gasteiger partial charge < -0.3 is 5.32 Å². The van der Waals surface area contributed by atoms with Gasteiger partial charge in [-0.1, -0.05) is 48.5 Å². The second-order valence-corrected chi connectivity index (χ2v) is 6.32. The van der Waals surface area contributed by atoms with Gasteiger partial charge in [0.1, 0.15) is 0 Å². The molecule has 0 aliphatic carbocycles. The van der Waals surface area contributed by atoms with Crippen LogP contribution in [0.2, 0.25) is 0 Å². The molecule has 2 heterocycles. The molecule has 0 bridgehead atoms. The number of nitrogens with zero attached hydrogens (tertiary/aromatic N) is 2. The van der Waals surface area contributed by atoms with E-state index in [2.05, 4.69) is 63.7 Å². The maximum absolute atomic E-state index is 4.04. The first-order valence-corrected chi connectivity index (χ1v) is 8.38. The number of aromatic nitrogens is 1. The van der Waals surface area contributed by atoms with Crippen molar-refractivity contribution < 1.29 is 0 Å². The van der Waals surface area contributed by atoms with Crippen molar-refractivity contribution in [2.24, 2.45) is 0 Å². The molecular formula is C21H21N3. The third-order valence-electron chi connectivity index (χ3n) is 4.48. The van der Waals surface area contributed by atoms with Crippen LogP contribution in [0.4, 0.5) is 5.69 Å². The Kier molecular flexibility index (Phi) is 4.26. The molecule has 3 heteroatoms. The van der Waals surface area contributed by atoms with Crippen LogP contribution in [0.25, 0.3) is 0 Å². The van der Waals surface area contributed by atoms with Crippen molar-refractivity contribution in [1.29, 1.82) is 0 Å². The highest BCUT2D eigenvalue weighted by atomic mass is 15.1. The number of benzene rings is 2. The fourth-order valence-corrected chi connectivity index (χ4v) is 3.29. The molecule has 1 N–H and O–H groups in total. The van der Waals surface area contributed by atoms with E-state index in [0.29, 0.717) is 0 Å². The van der Waals surface area contributed by atoms with E-state index in [1.54, 1.807) is 0 Å². The summed E-state index contributed by atoms with van der Waals surface area (Å²) in [5.74, 6) is 0. The summed E-state index contributed by atoms with van der Waals surface area (Å²) in [4.78, 5) is 6.54. The quantitative estimate of drug-likeness (QED) is 0.764. The van der Waals surface area contributed by atoms with Crippen LogP contribution >= 0.6 is 0 Å². The fourth-order valence-electron chi connectivity index (χ4n) is 3.29. The molecule has 3 aromatic rings. The fraction of sp³-hybridized carbons (Fsp3) is 0.190. The van der Waals surface area contributed by atoms with Crippen LogP contribution in [0.1, 0.15) is 22.3 Å². The van der Waals surface area contributed by atoms with E-state index < -0.39 is 0 Å². The van der Waals surface area contributed by atoms with E-state index in [0.717, 1.165) is 31.9 Å². The molecule has 1 aliphatic heterocycles. The van der Waals surface area contributed by atoms with Crippen molar-refractivity contribution in [3.63, 3.8) is 0 Å². The van der Waals surface area contributed by atoms with Crippen LogP contribution < -0.4 is 5.32 Å². The normalized spacial score (nSPS) is 13.7. The van der Waals surface area contributed by atoms with Gasteiger partial charge in [-0.05, 0) is 34.4 Å². The van der Waals surface area contributed by atoms with E-state index in [1.807, 2.05) is 24.5 Å². The number of pyridine rings is 1. The molecule has 2 aromatic carbocycles. The summed E-state index contributed by atoms with van der Waals surface area (Å²) in [7, 11) is 0. The number of hydrogen-bond donors (Lipinski definition) is 1. The van der Waals surface area contributed by atoms with E-state index in [-0.39, 0.29) is 0 Å². The number of nitrogens with one attached hydrogen (secondary N) is 1. The van der Waals surface area contributed by atoms with Gasteiger partial charge in [0.05, 0.1) is 0 Å². The average Bonchev–Trinajstić information content (AvgIpc) is 3.03. The van der Waals surface area contributed by atoms with Gasteiger partial charge in [0.2, 0.25) is 0 Å². The lowest BCUT2D eigenvalue weighted by Crippen LogP contribution is -2.15.